The van der Waals surface area contributed by atoms with Gasteiger partial charge >= 0.3 is 0 Å². The monoisotopic (exact) mass is 312 g/mol. The number of carbonyl (C=O) groups excluding carboxylic acids is 1. The Morgan fingerprint density at radius 1 is 1.30 bits per heavy atom. The first-order chi connectivity index (χ1) is 11.1. The van der Waals surface area contributed by atoms with Crippen LogP contribution in [0.3, 0.4) is 0 Å². The van der Waals surface area contributed by atoms with E-state index in [-0.39, 0.29) is 5.91 Å². The number of amides is 1. The summed E-state index contributed by atoms with van der Waals surface area (Å²) in [6.45, 7) is 5.72. The number of aromatic nitrogens is 1. The third kappa shape index (κ3) is 3.32. The minimum atomic E-state index is 0.106. The predicted octanol–water partition coefficient (Wildman–Crippen LogP) is 2.00. The second kappa shape index (κ2) is 6.59. The van der Waals surface area contributed by atoms with Crippen molar-refractivity contribution < 1.29 is 9.69 Å². The Labute approximate surface area is 138 Å². The number of rotatable bonds is 4. The van der Waals surface area contributed by atoms with Crippen molar-refractivity contribution in [2.45, 2.75) is 32.7 Å². The molecule has 1 amide bonds. The van der Waals surface area contributed by atoms with Crippen molar-refractivity contribution >= 4 is 11.6 Å². The number of nitrogens with zero attached hydrogens (tertiary/aromatic N) is 1. The van der Waals surface area contributed by atoms with Gasteiger partial charge in [0.15, 0.2) is 6.54 Å². The molecular formula is C19H26N3O+. The highest BCUT2D eigenvalue weighted by molar-refractivity contribution is 5.92. The molecule has 0 radical (unpaired) electrons. The molecule has 1 aliphatic rings. The summed E-state index contributed by atoms with van der Waals surface area (Å²) < 4.78 is 2.18. The first-order valence-electron chi connectivity index (χ1n) is 8.38. The van der Waals surface area contributed by atoms with Gasteiger partial charge in [0.1, 0.15) is 6.04 Å². The van der Waals surface area contributed by atoms with Gasteiger partial charge in [0.05, 0.1) is 12.2 Å². The number of anilines is 1. The molecule has 2 aromatic rings. The van der Waals surface area contributed by atoms with Crippen LogP contribution in [0.25, 0.3) is 0 Å². The average molecular weight is 312 g/mol. The summed E-state index contributed by atoms with van der Waals surface area (Å²) in [5.74, 6) is 0.106. The Hall–Kier alpha value is -2.07. The molecule has 23 heavy (non-hydrogen) atoms. The minimum absolute atomic E-state index is 0.106. The van der Waals surface area contributed by atoms with E-state index in [1.165, 1.54) is 22.6 Å². The number of quaternary nitrogens is 1. The molecule has 4 nitrogen and oxygen atoms in total. The van der Waals surface area contributed by atoms with E-state index >= 15 is 0 Å². The molecule has 0 spiro atoms. The first kappa shape index (κ1) is 15.8. The van der Waals surface area contributed by atoms with Gasteiger partial charge in [-0.3, -0.25) is 4.79 Å². The van der Waals surface area contributed by atoms with E-state index in [0.717, 1.165) is 24.2 Å². The first-order valence-corrected chi connectivity index (χ1v) is 8.38. The smallest absolute Gasteiger partial charge is 0.279 e. The van der Waals surface area contributed by atoms with Gasteiger partial charge < -0.3 is 14.8 Å². The summed E-state index contributed by atoms with van der Waals surface area (Å²) in [6, 6.07) is 10.7. The lowest BCUT2D eigenvalue weighted by atomic mass is 10.1. The highest BCUT2D eigenvalue weighted by atomic mass is 16.2. The maximum absolute atomic E-state index is 12.5. The van der Waals surface area contributed by atoms with Crippen LogP contribution in [0, 0.1) is 13.8 Å². The van der Waals surface area contributed by atoms with Crippen molar-refractivity contribution in [2.24, 2.45) is 7.05 Å². The van der Waals surface area contributed by atoms with E-state index in [1.807, 2.05) is 12.1 Å². The molecule has 1 aliphatic heterocycles. The summed E-state index contributed by atoms with van der Waals surface area (Å²) >= 11 is 0. The normalized spacial score (nSPS) is 20.7. The number of hydrogen-bond donors (Lipinski definition) is 2. The fourth-order valence-electron chi connectivity index (χ4n) is 3.60. The predicted molar refractivity (Wildman–Crippen MR) is 92.6 cm³/mol. The van der Waals surface area contributed by atoms with E-state index in [9.17, 15) is 4.79 Å². The van der Waals surface area contributed by atoms with Gasteiger partial charge in [-0.2, -0.15) is 0 Å². The molecule has 122 valence electrons. The lowest BCUT2D eigenvalue weighted by Crippen LogP contribution is -3.11. The lowest BCUT2D eigenvalue weighted by Gasteiger charge is -2.22. The van der Waals surface area contributed by atoms with Crippen LogP contribution in [0.2, 0.25) is 0 Å². The molecule has 0 aliphatic carbocycles. The molecule has 3 rings (SSSR count). The van der Waals surface area contributed by atoms with Crippen LogP contribution < -0.4 is 10.2 Å². The van der Waals surface area contributed by atoms with E-state index in [2.05, 4.69) is 55.2 Å². The van der Waals surface area contributed by atoms with Crippen LogP contribution in [0.4, 0.5) is 5.69 Å². The van der Waals surface area contributed by atoms with Crippen LogP contribution in [0.15, 0.2) is 36.5 Å². The summed E-state index contributed by atoms with van der Waals surface area (Å²) in [6.07, 6.45) is 4.42. The van der Waals surface area contributed by atoms with Crippen LogP contribution in [-0.2, 0) is 11.8 Å². The zero-order valence-electron chi connectivity index (χ0n) is 14.2. The Morgan fingerprint density at radius 2 is 2.13 bits per heavy atom. The van der Waals surface area contributed by atoms with Gasteiger partial charge in [0.2, 0.25) is 0 Å². The Morgan fingerprint density at radius 3 is 2.87 bits per heavy atom. The van der Waals surface area contributed by atoms with Crippen LogP contribution in [0.1, 0.15) is 35.7 Å². The van der Waals surface area contributed by atoms with Gasteiger partial charge in [-0.25, -0.2) is 0 Å². The SMILES string of the molecule is Cc1cccc(NC(=O)C[NH+]2CCC[C@H]2c2cccn2C)c1C. The number of nitrogens with one attached hydrogen (secondary N) is 2. The number of likely N-dealkylation sites (tertiary alicyclic amines) is 1. The van der Waals surface area contributed by atoms with E-state index < -0.39 is 0 Å². The summed E-state index contributed by atoms with van der Waals surface area (Å²) in [5, 5.41) is 3.09. The maximum atomic E-state index is 12.5. The summed E-state index contributed by atoms with van der Waals surface area (Å²) in [7, 11) is 2.08. The Balaban J connectivity index is 1.67. The lowest BCUT2D eigenvalue weighted by molar-refractivity contribution is -0.910. The molecule has 1 aromatic heterocycles. The molecule has 1 unspecified atom stereocenters. The third-order valence-corrected chi connectivity index (χ3v) is 5.09. The molecule has 4 heteroatoms. The second-order valence-electron chi connectivity index (χ2n) is 6.62. The Kier molecular flexibility index (Phi) is 4.53. The second-order valence-corrected chi connectivity index (χ2v) is 6.62. The van der Waals surface area contributed by atoms with Crippen molar-refractivity contribution in [3.8, 4) is 0 Å². The van der Waals surface area contributed by atoms with Crippen molar-refractivity contribution in [1.29, 1.82) is 0 Å². The largest absolute Gasteiger partial charge is 0.350 e. The molecular weight excluding hydrogens is 286 g/mol. The van der Waals surface area contributed by atoms with Crippen LogP contribution >= 0.6 is 0 Å². The van der Waals surface area contributed by atoms with Gasteiger partial charge in [-0.05, 0) is 43.2 Å². The van der Waals surface area contributed by atoms with Crippen molar-refractivity contribution in [3.05, 3.63) is 53.3 Å². The van der Waals surface area contributed by atoms with Crippen LogP contribution in [-0.4, -0.2) is 23.6 Å². The molecule has 1 saturated heterocycles. The molecule has 2 N–H and O–H groups in total. The number of aryl methyl sites for hydroxylation is 2. The van der Waals surface area contributed by atoms with Crippen molar-refractivity contribution in [1.82, 2.24) is 4.57 Å². The number of benzene rings is 1. The van der Waals surface area contributed by atoms with Crippen molar-refractivity contribution in [3.63, 3.8) is 0 Å². The van der Waals surface area contributed by atoms with Gasteiger partial charge in [-0.1, -0.05) is 12.1 Å². The standard InChI is InChI=1S/C19H25N3O/c1-14-7-4-8-16(15(14)2)20-19(23)13-22-12-6-10-18(22)17-9-5-11-21(17)3/h4-5,7-9,11,18H,6,10,12-13H2,1-3H3,(H,20,23)/p+1/t18-/m0/s1. The van der Waals surface area contributed by atoms with Gasteiger partial charge in [0, 0.05) is 31.8 Å². The fourth-order valence-corrected chi connectivity index (χ4v) is 3.60. The third-order valence-electron chi connectivity index (χ3n) is 5.09. The number of hydrogen-bond acceptors (Lipinski definition) is 1. The van der Waals surface area contributed by atoms with Gasteiger partial charge in [0.25, 0.3) is 5.91 Å². The Bertz CT molecular complexity index is 704. The topological polar surface area (TPSA) is 38.5 Å². The molecule has 0 saturated carbocycles. The molecule has 2 heterocycles. The maximum Gasteiger partial charge on any atom is 0.279 e. The molecule has 1 aromatic carbocycles. The minimum Gasteiger partial charge on any atom is -0.350 e. The number of carbonyl (C=O) groups is 1. The molecule has 0 bridgehead atoms. The zero-order valence-corrected chi connectivity index (χ0v) is 14.2. The summed E-state index contributed by atoms with van der Waals surface area (Å²) in [4.78, 5) is 13.9. The highest BCUT2D eigenvalue weighted by Crippen LogP contribution is 2.20. The van der Waals surface area contributed by atoms with Crippen molar-refractivity contribution in [2.75, 3.05) is 18.4 Å². The molecule has 1 fully saturated rings. The van der Waals surface area contributed by atoms with Gasteiger partial charge in [-0.15, -0.1) is 0 Å². The van der Waals surface area contributed by atoms with E-state index in [0.29, 0.717) is 12.6 Å². The highest BCUT2D eigenvalue weighted by Gasteiger charge is 2.32. The summed E-state index contributed by atoms with van der Waals surface area (Å²) in [5.41, 5.74) is 4.62. The fraction of sp³-hybridized carbons (Fsp3) is 0.421. The van der Waals surface area contributed by atoms with E-state index in [4.69, 9.17) is 0 Å². The zero-order chi connectivity index (χ0) is 16.4. The average Bonchev–Trinajstić information content (AvgIpc) is 3.12. The van der Waals surface area contributed by atoms with E-state index in [1.54, 1.807) is 0 Å². The van der Waals surface area contributed by atoms with Crippen LogP contribution in [0.5, 0.6) is 0 Å². The quantitative estimate of drug-likeness (QED) is 0.890. The molecule has 2 atom stereocenters.